The number of anilines is 1. The third-order valence-corrected chi connectivity index (χ3v) is 2.23. The maximum atomic E-state index is 5.12. The van der Waals surface area contributed by atoms with Gasteiger partial charge < -0.3 is 10.6 Å². The SMILES string of the molecule is CN1CCCC1.Nc1nncs1. The van der Waals surface area contributed by atoms with E-state index < -0.39 is 0 Å². The molecule has 1 saturated heterocycles. The average Bonchev–Trinajstić information content (AvgIpc) is 2.63. The van der Waals surface area contributed by atoms with Gasteiger partial charge in [0.2, 0.25) is 5.13 Å². The number of aromatic nitrogens is 2. The fourth-order valence-electron chi connectivity index (χ4n) is 1.06. The van der Waals surface area contributed by atoms with Gasteiger partial charge in [-0.15, -0.1) is 10.2 Å². The molecule has 0 unspecified atom stereocenters. The summed E-state index contributed by atoms with van der Waals surface area (Å²) in [5.74, 6) is 0. The van der Waals surface area contributed by atoms with E-state index in [1.165, 1.54) is 37.3 Å². The van der Waals surface area contributed by atoms with Crippen molar-refractivity contribution in [2.45, 2.75) is 12.8 Å². The Labute approximate surface area is 76.4 Å². The summed E-state index contributed by atoms with van der Waals surface area (Å²) in [6.45, 7) is 2.64. The summed E-state index contributed by atoms with van der Waals surface area (Å²) in [4.78, 5) is 2.36. The van der Waals surface area contributed by atoms with Crippen LogP contribution >= 0.6 is 11.3 Å². The van der Waals surface area contributed by atoms with Gasteiger partial charge in [0, 0.05) is 0 Å². The van der Waals surface area contributed by atoms with Crippen molar-refractivity contribution in [2.24, 2.45) is 0 Å². The Morgan fingerprint density at radius 1 is 1.50 bits per heavy atom. The van der Waals surface area contributed by atoms with Gasteiger partial charge in [0.25, 0.3) is 0 Å². The van der Waals surface area contributed by atoms with Gasteiger partial charge in [-0.1, -0.05) is 11.3 Å². The van der Waals surface area contributed by atoms with Crippen molar-refractivity contribution < 1.29 is 0 Å². The van der Waals surface area contributed by atoms with E-state index in [9.17, 15) is 0 Å². The van der Waals surface area contributed by atoms with E-state index >= 15 is 0 Å². The van der Waals surface area contributed by atoms with Crippen molar-refractivity contribution in [1.82, 2.24) is 15.1 Å². The summed E-state index contributed by atoms with van der Waals surface area (Å²) < 4.78 is 0. The second kappa shape index (κ2) is 5.05. The number of nitrogens with zero attached hydrogens (tertiary/aromatic N) is 3. The van der Waals surface area contributed by atoms with Crippen molar-refractivity contribution in [1.29, 1.82) is 0 Å². The van der Waals surface area contributed by atoms with Crippen LogP contribution in [0.2, 0.25) is 0 Å². The summed E-state index contributed by atoms with van der Waals surface area (Å²) in [5.41, 5.74) is 6.72. The normalized spacial score (nSPS) is 17.1. The Balaban J connectivity index is 0.000000120. The van der Waals surface area contributed by atoms with Crippen LogP contribution in [0.15, 0.2) is 5.51 Å². The lowest BCUT2D eigenvalue weighted by molar-refractivity contribution is 0.418. The minimum absolute atomic E-state index is 0.523. The lowest BCUT2D eigenvalue weighted by atomic mass is 10.4. The molecule has 2 rings (SSSR count). The van der Waals surface area contributed by atoms with Crippen LogP contribution in [0.3, 0.4) is 0 Å². The molecular formula is C7H14N4S. The monoisotopic (exact) mass is 186 g/mol. The lowest BCUT2D eigenvalue weighted by Gasteiger charge is -2.01. The van der Waals surface area contributed by atoms with Crippen LogP contribution in [0.5, 0.6) is 0 Å². The Morgan fingerprint density at radius 2 is 2.17 bits per heavy atom. The second-order valence-electron chi connectivity index (χ2n) is 2.79. The third-order valence-electron chi connectivity index (χ3n) is 1.71. The van der Waals surface area contributed by atoms with Gasteiger partial charge >= 0.3 is 0 Å². The highest BCUT2D eigenvalue weighted by molar-refractivity contribution is 7.13. The van der Waals surface area contributed by atoms with E-state index in [-0.39, 0.29) is 0 Å². The van der Waals surface area contributed by atoms with Gasteiger partial charge in [-0.2, -0.15) is 0 Å². The van der Waals surface area contributed by atoms with E-state index in [0.29, 0.717) is 5.13 Å². The average molecular weight is 186 g/mol. The Morgan fingerprint density at radius 3 is 2.33 bits per heavy atom. The summed E-state index contributed by atoms with van der Waals surface area (Å²) >= 11 is 1.33. The maximum Gasteiger partial charge on any atom is 0.202 e. The molecule has 0 atom stereocenters. The minimum Gasteiger partial charge on any atom is -0.374 e. The number of hydrogen-bond donors (Lipinski definition) is 1. The molecule has 1 fully saturated rings. The second-order valence-corrected chi connectivity index (χ2v) is 3.65. The molecule has 1 aliphatic heterocycles. The number of rotatable bonds is 0. The van der Waals surface area contributed by atoms with Gasteiger partial charge in [0.15, 0.2) is 0 Å². The van der Waals surface area contributed by atoms with Gasteiger partial charge in [-0.25, -0.2) is 0 Å². The fraction of sp³-hybridized carbons (Fsp3) is 0.714. The zero-order valence-electron chi connectivity index (χ0n) is 7.23. The third kappa shape index (κ3) is 3.64. The van der Waals surface area contributed by atoms with Gasteiger partial charge in [-0.3, -0.25) is 0 Å². The Hall–Kier alpha value is -0.680. The molecule has 0 aliphatic carbocycles. The molecule has 0 radical (unpaired) electrons. The van der Waals surface area contributed by atoms with Crippen molar-refractivity contribution >= 4 is 16.5 Å². The highest BCUT2D eigenvalue weighted by Crippen LogP contribution is 2.02. The van der Waals surface area contributed by atoms with Crippen LogP contribution in [0.25, 0.3) is 0 Å². The standard InChI is InChI=1S/C5H11N.C2H3N3S/c1-6-4-2-3-5-6;3-2-5-4-1-6-2/h2-5H2,1H3;1H,(H2,3,5). The smallest absolute Gasteiger partial charge is 0.202 e. The molecule has 1 aromatic rings. The summed E-state index contributed by atoms with van der Waals surface area (Å²) in [6, 6.07) is 0. The van der Waals surface area contributed by atoms with E-state index in [0.717, 1.165) is 0 Å². The molecule has 2 heterocycles. The first-order valence-corrected chi connectivity index (χ1v) is 4.87. The molecule has 5 heteroatoms. The first-order valence-electron chi connectivity index (χ1n) is 3.99. The molecule has 4 nitrogen and oxygen atoms in total. The van der Waals surface area contributed by atoms with Crippen LogP contribution in [0.1, 0.15) is 12.8 Å². The van der Waals surface area contributed by atoms with Crippen molar-refractivity contribution in [3.8, 4) is 0 Å². The molecule has 0 amide bonds. The number of nitrogens with two attached hydrogens (primary N) is 1. The molecule has 0 aromatic carbocycles. The zero-order valence-corrected chi connectivity index (χ0v) is 8.05. The lowest BCUT2D eigenvalue weighted by Crippen LogP contribution is -2.10. The number of likely N-dealkylation sites (tertiary alicyclic amines) is 1. The predicted molar refractivity (Wildman–Crippen MR) is 51.1 cm³/mol. The maximum absolute atomic E-state index is 5.12. The van der Waals surface area contributed by atoms with E-state index in [4.69, 9.17) is 5.73 Å². The van der Waals surface area contributed by atoms with Gasteiger partial charge in [0.05, 0.1) is 0 Å². The Kier molecular flexibility index (Phi) is 3.96. The van der Waals surface area contributed by atoms with Crippen LogP contribution < -0.4 is 5.73 Å². The van der Waals surface area contributed by atoms with E-state index in [2.05, 4.69) is 22.1 Å². The first-order chi connectivity index (χ1) is 5.79. The molecule has 12 heavy (non-hydrogen) atoms. The molecular weight excluding hydrogens is 172 g/mol. The molecule has 2 N–H and O–H groups in total. The van der Waals surface area contributed by atoms with Crippen LogP contribution in [-0.4, -0.2) is 35.2 Å². The number of hydrogen-bond acceptors (Lipinski definition) is 5. The molecule has 68 valence electrons. The number of nitrogen functional groups attached to an aromatic ring is 1. The highest BCUT2D eigenvalue weighted by Gasteiger charge is 2.03. The van der Waals surface area contributed by atoms with E-state index in [1.54, 1.807) is 5.51 Å². The van der Waals surface area contributed by atoms with Gasteiger partial charge in [0.1, 0.15) is 5.51 Å². The van der Waals surface area contributed by atoms with Crippen molar-refractivity contribution in [2.75, 3.05) is 25.9 Å². The highest BCUT2D eigenvalue weighted by atomic mass is 32.1. The van der Waals surface area contributed by atoms with Crippen molar-refractivity contribution in [3.63, 3.8) is 0 Å². The molecule has 0 bridgehead atoms. The van der Waals surface area contributed by atoms with E-state index in [1.807, 2.05) is 0 Å². The topological polar surface area (TPSA) is 55.0 Å². The van der Waals surface area contributed by atoms with Crippen LogP contribution in [0.4, 0.5) is 5.13 Å². The largest absolute Gasteiger partial charge is 0.374 e. The summed E-state index contributed by atoms with van der Waals surface area (Å²) in [5, 5.41) is 7.45. The molecule has 0 saturated carbocycles. The minimum atomic E-state index is 0.523. The Bertz CT molecular complexity index is 193. The summed E-state index contributed by atoms with van der Waals surface area (Å²) in [7, 11) is 2.17. The van der Waals surface area contributed by atoms with Crippen LogP contribution in [0, 0.1) is 0 Å². The predicted octanol–water partition coefficient (Wildman–Crippen LogP) is 0.832. The van der Waals surface area contributed by atoms with Crippen LogP contribution in [-0.2, 0) is 0 Å². The zero-order chi connectivity index (χ0) is 8.81. The quantitative estimate of drug-likeness (QED) is 0.652. The summed E-state index contributed by atoms with van der Waals surface area (Å²) in [6.07, 6.45) is 2.83. The van der Waals surface area contributed by atoms with Crippen molar-refractivity contribution in [3.05, 3.63) is 5.51 Å². The molecule has 0 spiro atoms. The first kappa shape index (κ1) is 9.41. The van der Waals surface area contributed by atoms with Gasteiger partial charge in [-0.05, 0) is 33.0 Å². The molecule has 1 aromatic heterocycles. The molecule has 1 aliphatic rings. The fourth-order valence-corrected chi connectivity index (χ4v) is 1.35.